The first-order valence-corrected chi connectivity index (χ1v) is 6.97. The van der Waals surface area contributed by atoms with E-state index in [4.69, 9.17) is 10.00 Å². The number of hydrogen-bond acceptors (Lipinski definition) is 4. The highest BCUT2D eigenvalue weighted by Crippen LogP contribution is 2.31. The number of hydrogen-bond donors (Lipinski definition) is 0. The molecule has 1 heterocycles. The number of carbonyl (C=O) groups is 1. The van der Waals surface area contributed by atoms with E-state index in [9.17, 15) is 4.79 Å². The maximum Gasteiger partial charge on any atom is 0.310 e. The standard InChI is InChI=1S/C14H15BrN2O2/c1-19-14(18)11-3-2-6-17(9-11)13-5-4-10(8-16)7-12(13)15/h4-5,7,11H,2-3,6,9H2,1H3. The molecule has 0 bridgehead atoms. The lowest BCUT2D eigenvalue weighted by atomic mass is 9.97. The summed E-state index contributed by atoms with van der Waals surface area (Å²) in [6.45, 7) is 1.58. The van der Waals surface area contributed by atoms with Gasteiger partial charge in [0, 0.05) is 17.6 Å². The van der Waals surface area contributed by atoms with Crippen LogP contribution in [0.2, 0.25) is 0 Å². The monoisotopic (exact) mass is 322 g/mol. The predicted molar refractivity (Wildman–Crippen MR) is 75.8 cm³/mol. The molecule has 4 nitrogen and oxygen atoms in total. The van der Waals surface area contributed by atoms with E-state index in [1.807, 2.05) is 6.07 Å². The van der Waals surface area contributed by atoms with Gasteiger partial charge in [-0.25, -0.2) is 0 Å². The molecule has 1 saturated heterocycles. The number of piperidine rings is 1. The smallest absolute Gasteiger partial charge is 0.310 e. The quantitative estimate of drug-likeness (QED) is 0.785. The van der Waals surface area contributed by atoms with E-state index in [1.165, 1.54) is 7.11 Å². The molecule has 100 valence electrons. The number of nitrogens with zero attached hydrogens (tertiary/aromatic N) is 2. The fraction of sp³-hybridized carbons (Fsp3) is 0.429. The van der Waals surface area contributed by atoms with Crippen molar-refractivity contribution in [2.24, 2.45) is 5.92 Å². The number of nitriles is 1. The SMILES string of the molecule is COC(=O)C1CCCN(c2ccc(C#N)cc2Br)C1. The first-order valence-electron chi connectivity index (χ1n) is 6.18. The Labute approximate surface area is 121 Å². The second kappa shape index (κ2) is 6.07. The van der Waals surface area contributed by atoms with Crippen LogP contribution in [0.25, 0.3) is 0 Å². The van der Waals surface area contributed by atoms with Crippen LogP contribution in [-0.4, -0.2) is 26.2 Å². The highest BCUT2D eigenvalue weighted by molar-refractivity contribution is 9.10. The molecule has 1 aliphatic heterocycles. The van der Waals surface area contributed by atoms with Gasteiger partial charge in [0.25, 0.3) is 0 Å². The molecule has 1 aromatic rings. The third-order valence-electron chi connectivity index (χ3n) is 3.37. The molecule has 2 rings (SSSR count). The van der Waals surface area contributed by atoms with Gasteiger partial charge in [0.05, 0.1) is 30.3 Å². The van der Waals surface area contributed by atoms with E-state index >= 15 is 0 Å². The Bertz CT molecular complexity index is 525. The predicted octanol–water partition coefficient (Wildman–Crippen LogP) is 2.71. The number of methoxy groups -OCH3 is 1. The van der Waals surface area contributed by atoms with E-state index in [0.29, 0.717) is 12.1 Å². The van der Waals surface area contributed by atoms with Crippen LogP contribution in [0.4, 0.5) is 5.69 Å². The van der Waals surface area contributed by atoms with Gasteiger partial charge in [0.2, 0.25) is 0 Å². The van der Waals surface area contributed by atoms with Crippen molar-refractivity contribution in [1.29, 1.82) is 5.26 Å². The fourth-order valence-electron chi connectivity index (χ4n) is 2.39. The van der Waals surface area contributed by atoms with Crippen molar-refractivity contribution < 1.29 is 9.53 Å². The van der Waals surface area contributed by atoms with Crippen LogP contribution < -0.4 is 4.90 Å². The normalized spacial score (nSPS) is 18.8. The van der Waals surface area contributed by atoms with Crippen LogP contribution in [0.3, 0.4) is 0 Å². The topological polar surface area (TPSA) is 53.3 Å². The average molecular weight is 323 g/mol. The van der Waals surface area contributed by atoms with Crippen molar-refractivity contribution in [2.75, 3.05) is 25.1 Å². The zero-order valence-corrected chi connectivity index (χ0v) is 12.3. The lowest BCUT2D eigenvalue weighted by molar-refractivity contribution is -0.145. The average Bonchev–Trinajstić information content (AvgIpc) is 2.46. The minimum absolute atomic E-state index is 0.0682. The summed E-state index contributed by atoms with van der Waals surface area (Å²) in [5, 5.41) is 8.86. The van der Waals surface area contributed by atoms with E-state index in [0.717, 1.165) is 29.5 Å². The second-order valence-corrected chi connectivity index (χ2v) is 5.44. The summed E-state index contributed by atoms with van der Waals surface area (Å²) in [5.74, 6) is -0.212. The molecule has 1 atom stereocenters. The van der Waals surface area contributed by atoms with E-state index in [1.54, 1.807) is 12.1 Å². The Kier molecular flexibility index (Phi) is 4.43. The number of benzene rings is 1. The molecule has 0 aliphatic carbocycles. The highest BCUT2D eigenvalue weighted by Gasteiger charge is 2.27. The Morgan fingerprint density at radius 1 is 1.58 bits per heavy atom. The van der Waals surface area contributed by atoms with Gasteiger partial charge in [-0.05, 0) is 47.0 Å². The third kappa shape index (κ3) is 3.07. The molecule has 0 N–H and O–H groups in total. The number of anilines is 1. The number of ether oxygens (including phenoxy) is 1. The summed E-state index contributed by atoms with van der Waals surface area (Å²) in [6, 6.07) is 7.63. The lowest BCUT2D eigenvalue weighted by Gasteiger charge is -2.33. The number of esters is 1. The second-order valence-electron chi connectivity index (χ2n) is 4.59. The first-order chi connectivity index (χ1) is 9.15. The van der Waals surface area contributed by atoms with Crippen LogP contribution in [0.5, 0.6) is 0 Å². The fourth-order valence-corrected chi connectivity index (χ4v) is 3.02. The maximum absolute atomic E-state index is 11.6. The van der Waals surface area contributed by atoms with Gasteiger partial charge in [-0.15, -0.1) is 0 Å². The molecule has 1 unspecified atom stereocenters. The van der Waals surface area contributed by atoms with Gasteiger partial charge in [-0.1, -0.05) is 0 Å². The number of halogens is 1. The van der Waals surface area contributed by atoms with Gasteiger partial charge in [-0.3, -0.25) is 4.79 Å². The van der Waals surface area contributed by atoms with Crippen molar-refractivity contribution in [1.82, 2.24) is 0 Å². The molecule has 0 aromatic heterocycles. The maximum atomic E-state index is 11.6. The van der Waals surface area contributed by atoms with Crippen LogP contribution in [0.15, 0.2) is 22.7 Å². The number of rotatable bonds is 2. The van der Waals surface area contributed by atoms with Crippen molar-refractivity contribution in [3.05, 3.63) is 28.2 Å². The van der Waals surface area contributed by atoms with Gasteiger partial charge in [0.1, 0.15) is 0 Å². The molecule has 19 heavy (non-hydrogen) atoms. The molecule has 0 amide bonds. The summed E-state index contributed by atoms with van der Waals surface area (Å²) >= 11 is 3.49. The summed E-state index contributed by atoms with van der Waals surface area (Å²) in [5.41, 5.74) is 1.64. The number of carbonyl (C=O) groups excluding carboxylic acids is 1. The summed E-state index contributed by atoms with van der Waals surface area (Å²) in [7, 11) is 1.43. The van der Waals surface area contributed by atoms with Crippen molar-refractivity contribution in [3.8, 4) is 6.07 Å². The van der Waals surface area contributed by atoms with Crippen molar-refractivity contribution in [2.45, 2.75) is 12.8 Å². The van der Waals surface area contributed by atoms with E-state index in [-0.39, 0.29) is 11.9 Å². The molecular formula is C14H15BrN2O2. The summed E-state index contributed by atoms with van der Waals surface area (Å²) < 4.78 is 5.71. The lowest BCUT2D eigenvalue weighted by Crippen LogP contribution is -2.39. The molecule has 1 aliphatic rings. The van der Waals surface area contributed by atoms with Crippen LogP contribution in [0.1, 0.15) is 18.4 Å². The van der Waals surface area contributed by atoms with Crippen molar-refractivity contribution in [3.63, 3.8) is 0 Å². The third-order valence-corrected chi connectivity index (χ3v) is 4.01. The zero-order valence-electron chi connectivity index (χ0n) is 10.7. The van der Waals surface area contributed by atoms with Crippen LogP contribution in [0, 0.1) is 17.2 Å². The minimum atomic E-state index is -0.144. The molecule has 1 aromatic carbocycles. The largest absolute Gasteiger partial charge is 0.469 e. The highest BCUT2D eigenvalue weighted by atomic mass is 79.9. The van der Waals surface area contributed by atoms with Crippen molar-refractivity contribution >= 4 is 27.6 Å². The molecule has 1 fully saturated rings. The van der Waals surface area contributed by atoms with E-state index in [2.05, 4.69) is 26.9 Å². The molecule has 0 radical (unpaired) electrons. The van der Waals surface area contributed by atoms with Gasteiger partial charge >= 0.3 is 5.97 Å². The Morgan fingerprint density at radius 3 is 3.00 bits per heavy atom. The van der Waals surface area contributed by atoms with Gasteiger partial charge in [0.15, 0.2) is 0 Å². The Balaban J connectivity index is 2.18. The van der Waals surface area contributed by atoms with Crippen LogP contribution >= 0.6 is 15.9 Å². The molecular weight excluding hydrogens is 308 g/mol. The Morgan fingerprint density at radius 2 is 2.37 bits per heavy atom. The summed E-state index contributed by atoms with van der Waals surface area (Å²) in [4.78, 5) is 13.8. The molecule has 0 saturated carbocycles. The van der Waals surface area contributed by atoms with E-state index < -0.39 is 0 Å². The summed E-state index contributed by atoms with van der Waals surface area (Å²) in [6.07, 6.45) is 1.84. The zero-order chi connectivity index (χ0) is 13.8. The van der Waals surface area contributed by atoms with Gasteiger partial charge in [-0.2, -0.15) is 5.26 Å². The minimum Gasteiger partial charge on any atom is -0.469 e. The van der Waals surface area contributed by atoms with Crippen LogP contribution in [-0.2, 0) is 9.53 Å². The molecule has 5 heteroatoms. The Hall–Kier alpha value is -1.54. The molecule has 0 spiro atoms. The van der Waals surface area contributed by atoms with Gasteiger partial charge < -0.3 is 9.64 Å². The first kappa shape index (κ1) is 13.9.